The van der Waals surface area contributed by atoms with E-state index >= 15 is 0 Å². The maximum Gasteiger partial charge on any atom is 0.270 e. The second-order valence-corrected chi connectivity index (χ2v) is 11.1. The Morgan fingerprint density at radius 3 is 2.41 bits per heavy atom. The van der Waals surface area contributed by atoms with Crippen molar-refractivity contribution in [2.24, 2.45) is 0 Å². The molecular weight excluding hydrogens is 502 g/mol. The SMILES string of the molecule is CCC(C)N1C(=O)/C(=C/c2c(C)c(C#N)c(=O)n(CC)c2N2CCN(Cc3ccccc3)CC2)SC1=S. The van der Waals surface area contributed by atoms with Gasteiger partial charge in [0.15, 0.2) is 0 Å². The molecule has 2 saturated heterocycles. The first-order chi connectivity index (χ1) is 17.8. The number of thiocarbonyl (C=S) groups is 1. The molecule has 0 spiro atoms. The fourth-order valence-electron chi connectivity index (χ4n) is 4.91. The Labute approximate surface area is 228 Å². The topological polar surface area (TPSA) is 72.6 Å². The zero-order valence-corrected chi connectivity index (χ0v) is 23.5. The van der Waals surface area contributed by atoms with Crippen LogP contribution in [0.1, 0.15) is 49.4 Å². The molecule has 9 heteroatoms. The van der Waals surface area contributed by atoms with Gasteiger partial charge in [-0.05, 0) is 44.4 Å². The van der Waals surface area contributed by atoms with Crippen molar-refractivity contribution >= 4 is 46.1 Å². The van der Waals surface area contributed by atoms with Crippen LogP contribution in [0, 0.1) is 18.3 Å². The van der Waals surface area contributed by atoms with Crippen LogP contribution in [0.25, 0.3) is 6.08 Å². The summed E-state index contributed by atoms with van der Waals surface area (Å²) in [6, 6.07) is 12.5. The number of benzene rings is 1. The molecule has 0 aliphatic carbocycles. The van der Waals surface area contributed by atoms with Gasteiger partial charge in [-0.3, -0.25) is 24.0 Å². The van der Waals surface area contributed by atoms with E-state index in [0.29, 0.717) is 21.3 Å². The first kappa shape index (κ1) is 27.1. The largest absolute Gasteiger partial charge is 0.355 e. The number of hydrogen-bond donors (Lipinski definition) is 0. The smallest absolute Gasteiger partial charge is 0.270 e. The number of rotatable bonds is 7. The van der Waals surface area contributed by atoms with Gasteiger partial charge in [0.25, 0.3) is 11.5 Å². The normalized spacial score (nSPS) is 18.5. The molecular formula is C28H33N5O2S2. The predicted octanol–water partition coefficient (Wildman–Crippen LogP) is 4.37. The highest BCUT2D eigenvalue weighted by Gasteiger charge is 2.35. The van der Waals surface area contributed by atoms with Crippen molar-refractivity contribution < 1.29 is 4.79 Å². The van der Waals surface area contributed by atoms with E-state index < -0.39 is 0 Å². The number of nitriles is 1. The Morgan fingerprint density at radius 1 is 1.14 bits per heavy atom. The van der Waals surface area contributed by atoms with E-state index in [4.69, 9.17) is 12.2 Å². The number of amides is 1. The van der Waals surface area contributed by atoms with Crippen LogP contribution in [0.2, 0.25) is 0 Å². The standard InChI is InChI=1S/C28H33N5O2S2/c1-5-19(3)33-27(35)24(37-28(33)36)16-22-20(4)23(17-29)26(34)32(6-2)25(22)31-14-12-30(13-15-31)18-21-10-8-7-9-11-21/h7-11,16,19H,5-6,12-15,18H2,1-4H3/b24-16-. The van der Waals surface area contributed by atoms with Crippen LogP contribution in [0.4, 0.5) is 5.82 Å². The van der Waals surface area contributed by atoms with Gasteiger partial charge in [0.1, 0.15) is 21.8 Å². The van der Waals surface area contributed by atoms with Crippen molar-refractivity contribution in [1.29, 1.82) is 5.26 Å². The molecule has 37 heavy (non-hydrogen) atoms. The molecule has 0 bridgehead atoms. The third-order valence-electron chi connectivity index (χ3n) is 7.21. The van der Waals surface area contributed by atoms with Crippen LogP contribution < -0.4 is 10.5 Å². The van der Waals surface area contributed by atoms with Crippen LogP contribution in [-0.4, -0.2) is 56.8 Å². The number of hydrogen-bond acceptors (Lipinski definition) is 7. The van der Waals surface area contributed by atoms with Crippen molar-refractivity contribution in [3.05, 3.63) is 67.8 Å². The second-order valence-electron chi connectivity index (χ2n) is 9.46. The van der Waals surface area contributed by atoms with Crippen LogP contribution in [-0.2, 0) is 17.9 Å². The lowest BCUT2D eigenvalue weighted by Crippen LogP contribution is -2.48. The molecule has 194 valence electrons. The molecule has 2 aromatic rings. The molecule has 3 heterocycles. The maximum atomic E-state index is 13.3. The summed E-state index contributed by atoms with van der Waals surface area (Å²) in [6.07, 6.45) is 2.64. The summed E-state index contributed by atoms with van der Waals surface area (Å²) in [4.78, 5) is 33.4. The van der Waals surface area contributed by atoms with Crippen molar-refractivity contribution in [2.45, 2.75) is 53.2 Å². The number of thioether (sulfide) groups is 1. The zero-order chi connectivity index (χ0) is 26.7. The Bertz CT molecular complexity index is 1320. The van der Waals surface area contributed by atoms with Crippen LogP contribution in [0.5, 0.6) is 0 Å². The van der Waals surface area contributed by atoms with Gasteiger partial charge in [-0.15, -0.1) is 0 Å². The third-order valence-corrected chi connectivity index (χ3v) is 8.54. The highest BCUT2D eigenvalue weighted by atomic mass is 32.2. The van der Waals surface area contributed by atoms with Gasteiger partial charge in [-0.25, -0.2) is 0 Å². The average molecular weight is 536 g/mol. The lowest BCUT2D eigenvalue weighted by Gasteiger charge is -2.38. The van der Waals surface area contributed by atoms with E-state index in [1.807, 2.05) is 32.9 Å². The van der Waals surface area contributed by atoms with Crippen LogP contribution in [0.3, 0.4) is 0 Å². The number of aromatic nitrogens is 1. The molecule has 1 unspecified atom stereocenters. The number of nitrogens with zero attached hydrogens (tertiary/aromatic N) is 5. The molecule has 2 aliphatic rings. The summed E-state index contributed by atoms with van der Waals surface area (Å²) < 4.78 is 2.23. The van der Waals surface area contributed by atoms with Crippen LogP contribution >= 0.6 is 24.0 Å². The van der Waals surface area contributed by atoms with Gasteiger partial charge in [0.2, 0.25) is 0 Å². The number of pyridine rings is 1. The third kappa shape index (κ3) is 5.37. The Hall–Kier alpha value is -2.93. The molecule has 1 aromatic carbocycles. The van der Waals surface area contributed by atoms with Crippen LogP contribution in [0.15, 0.2) is 40.0 Å². The summed E-state index contributed by atoms with van der Waals surface area (Å²) in [5, 5.41) is 9.82. The fraction of sp³-hybridized carbons (Fsp3) is 0.429. The monoisotopic (exact) mass is 535 g/mol. The van der Waals surface area contributed by atoms with Crippen molar-refractivity contribution in [2.75, 3.05) is 31.1 Å². The van der Waals surface area contributed by atoms with Gasteiger partial charge in [0.05, 0.1) is 4.91 Å². The van der Waals surface area contributed by atoms with E-state index in [-0.39, 0.29) is 23.1 Å². The average Bonchev–Trinajstić information content (AvgIpc) is 3.18. The molecule has 1 aromatic heterocycles. The zero-order valence-electron chi connectivity index (χ0n) is 21.9. The maximum absolute atomic E-state index is 13.3. The number of anilines is 1. The Kier molecular flexibility index (Phi) is 8.53. The lowest BCUT2D eigenvalue weighted by atomic mass is 10.0. The minimum atomic E-state index is -0.284. The highest BCUT2D eigenvalue weighted by molar-refractivity contribution is 8.26. The lowest BCUT2D eigenvalue weighted by molar-refractivity contribution is -0.123. The summed E-state index contributed by atoms with van der Waals surface area (Å²) in [6.45, 7) is 12.2. The molecule has 7 nitrogen and oxygen atoms in total. The van der Waals surface area contributed by atoms with Crippen molar-refractivity contribution in [1.82, 2.24) is 14.4 Å². The molecule has 0 N–H and O–H groups in total. The highest BCUT2D eigenvalue weighted by Crippen LogP contribution is 2.37. The molecule has 1 atom stereocenters. The first-order valence-electron chi connectivity index (χ1n) is 12.8. The molecule has 1 amide bonds. The molecule has 0 radical (unpaired) electrons. The number of carbonyl (C=O) groups is 1. The fourth-order valence-corrected chi connectivity index (χ4v) is 6.36. The van der Waals surface area contributed by atoms with E-state index in [1.165, 1.54) is 17.3 Å². The summed E-state index contributed by atoms with van der Waals surface area (Å²) in [7, 11) is 0. The van der Waals surface area contributed by atoms with Crippen molar-refractivity contribution in [3.63, 3.8) is 0 Å². The predicted molar refractivity (Wildman–Crippen MR) is 155 cm³/mol. The molecule has 0 saturated carbocycles. The Balaban J connectivity index is 1.72. The van der Waals surface area contributed by atoms with Gasteiger partial charge in [0, 0.05) is 50.9 Å². The summed E-state index contributed by atoms with van der Waals surface area (Å²) in [5.41, 5.74) is 2.47. The summed E-state index contributed by atoms with van der Waals surface area (Å²) in [5.74, 6) is 0.660. The first-order valence-corrected chi connectivity index (χ1v) is 14.0. The number of piperazine rings is 1. The van der Waals surface area contributed by atoms with E-state index in [9.17, 15) is 14.9 Å². The van der Waals surface area contributed by atoms with E-state index in [2.05, 4.69) is 40.1 Å². The molecule has 2 fully saturated rings. The molecule has 4 rings (SSSR count). The van der Waals surface area contributed by atoms with E-state index in [0.717, 1.165) is 50.5 Å². The van der Waals surface area contributed by atoms with Gasteiger partial charge in [-0.1, -0.05) is 61.2 Å². The van der Waals surface area contributed by atoms with Gasteiger partial charge < -0.3 is 4.90 Å². The minimum Gasteiger partial charge on any atom is -0.355 e. The van der Waals surface area contributed by atoms with Crippen molar-refractivity contribution in [3.8, 4) is 6.07 Å². The Morgan fingerprint density at radius 2 is 1.81 bits per heavy atom. The van der Waals surface area contributed by atoms with Gasteiger partial charge in [-0.2, -0.15) is 5.26 Å². The van der Waals surface area contributed by atoms with E-state index in [1.54, 1.807) is 16.4 Å². The number of carbonyl (C=O) groups excluding carboxylic acids is 1. The quantitative estimate of drug-likeness (QED) is 0.385. The second kappa shape index (κ2) is 11.6. The minimum absolute atomic E-state index is 0.0101. The van der Waals surface area contributed by atoms with Gasteiger partial charge >= 0.3 is 0 Å². The summed E-state index contributed by atoms with van der Waals surface area (Å²) >= 11 is 6.82. The molecule has 2 aliphatic heterocycles.